The van der Waals surface area contributed by atoms with E-state index in [2.05, 4.69) is 123 Å². The molecule has 9 heteroatoms. The number of likely N-dealkylation sites (N-methyl/N-ethyl adjacent to an activating group) is 1. The van der Waals surface area contributed by atoms with Crippen LogP contribution in [0.1, 0.15) is 181 Å². The van der Waals surface area contributed by atoms with Crippen molar-refractivity contribution in [2.75, 3.05) is 54.1 Å². The first kappa shape index (κ1) is 62.2. The molecule has 0 heterocycles. The minimum Gasteiger partial charge on any atom is -0.457 e. The Labute approximate surface area is 400 Å². The van der Waals surface area contributed by atoms with Crippen molar-refractivity contribution >= 4 is 13.8 Å². The number of ether oxygens (including phenoxy) is 2. The largest absolute Gasteiger partial charge is 0.472 e. The molecule has 0 saturated heterocycles. The minimum absolute atomic E-state index is 0.0760. The number of esters is 1. The van der Waals surface area contributed by atoms with Gasteiger partial charge < -0.3 is 18.9 Å². The number of hydrogen-bond acceptors (Lipinski definition) is 6. The number of carbonyl (C=O) groups is 1. The van der Waals surface area contributed by atoms with Crippen LogP contribution in [-0.4, -0.2) is 75.6 Å². The maximum absolute atomic E-state index is 12.8. The SMILES string of the molecule is CC/C=C\C/C=C\C/C=C\C/C=C\C/C=C\CCCCCCOCC(COP(=O)(O)OCC[N+](C)(C)C)OC(=O)CCCCCCCCCCCC/C=C\C/C=C\C/C=C\C/C=C\CC. The number of allylic oxidation sites excluding steroid dienone is 18. The van der Waals surface area contributed by atoms with Gasteiger partial charge in [0.15, 0.2) is 0 Å². The highest BCUT2D eigenvalue weighted by molar-refractivity contribution is 7.47. The first-order valence-corrected chi connectivity index (χ1v) is 27.1. The molecule has 0 rings (SSSR count). The molecule has 0 aromatic heterocycles. The first-order chi connectivity index (χ1) is 31.6. The van der Waals surface area contributed by atoms with Crippen LogP contribution in [-0.2, 0) is 27.9 Å². The predicted molar refractivity (Wildman–Crippen MR) is 279 cm³/mol. The minimum atomic E-state index is -4.30. The number of quaternary nitrogens is 1. The van der Waals surface area contributed by atoms with Crippen molar-refractivity contribution in [1.82, 2.24) is 0 Å². The highest BCUT2D eigenvalue weighted by Crippen LogP contribution is 2.43. The van der Waals surface area contributed by atoms with Gasteiger partial charge in [-0.3, -0.25) is 13.8 Å². The average molecular weight is 927 g/mol. The Morgan fingerprint density at radius 3 is 1.26 bits per heavy atom. The van der Waals surface area contributed by atoms with Crippen LogP contribution in [0.4, 0.5) is 0 Å². The van der Waals surface area contributed by atoms with Gasteiger partial charge in [0.05, 0.1) is 34.4 Å². The molecular weight excluding hydrogens is 830 g/mol. The Morgan fingerprint density at radius 1 is 0.477 bits per heavy atom. The topological polar surface area (TPSA) is 91.3 Å². The molecule has 0 fully saturated rings. The first-order valence-electron chi connectivity index (χ1n) is 25.6. The van der Waals surface area contributed by atoms with E-state index in [4.69, 9.17) is 18.5 Å². The molecule has 0 aliphatic carbocycles. The Kier molecular flexibility index (Phi) is 45.6. The van der Waals surface area contributed by atoms with Crippen molar-refractivity contribution in [3.63, 3.8) is 0 Å². The summed E-state index contributed by atoms with van der Waals surface area (Å²) in [5, 5.41) is 0. The summed E-state index contributed by atoms with van der Waals surface area (Å²) in [5.74, 6) is -0.332. The van der Waals surface area contributed by atoms with Crippen LogP contribution in [0, 0.1) is 0 Å². The molecule has 65 heavy (non-hydrogen) atoms. The lowest BCUT2D eigenvalue weighted by atomic mass is 10.0. The number of phosphoric acid groups is 1. The van der Waals surface area contributed by atoms with Gasteiger partial charge in [-0.25, -0.2) is 4.57 Å². The van der Waals surface area contributed by atoms with Gasteiger partial charge in [0, 0.05) is 13.0 Å². The maximum atomic E-state index is 12.8. The van der Waals surface area contributed by atoms with E-state index in [1.54, 1.807) is 0 Å². The molecule has 2 unspecified atom stereocenters. The number of unbranched alkanes of at least 4 members (excludes halogenated alkanes) is 14. The van der Waals surface area contributed by atoms with Gasteiger partial charge in [-0.05, 0) is 96.3 Å². The van der Waals surface area contributed by atoms with E-state index in [1.807, 2.05) is 21.1 Å². The smallest absolute Gasteiger partial charge is 0.457 e. The lowest BCUT2D eigenvalue weighted by Crippen LogP contribution is -2.37. The third-order valence-corrected chi connectivity index (χ3v) is 11.3. The second-order valence-electron chi connectivity index (χ2n) is 17.8. The van der Waals surface area contributed by atoms with Crippen LogP contribution in [0.3, 0.4) is 0 Å². The molecule has 0 saturated carbocycles. The number of rotatable bonds is 46. The molecule has 0 bridgehead atoms. The molecule has 1 N–H and O–H groups in total. The highest BCUT2D eigenvalue weighted by Gasteiger charge is 2.26. The lowest BCUT2D eigenvalue weighted by Gasteiger charge is -2.24. The van der Waals surface area contributed by atoms with Crippen molar-refractivity contribution in [2.24, 2.45) is 0 Å². The van der Waals surface area contributed by atoms with Crippen molar-refractivity contribution in [1.29, 1.82) is 0 Å². The number of carbonyl (C=O) groups excluding carboxylic acids is 1. The van der Waals surface area contributed by atoms with Gasteiger partial charge >= 0.3 is 13.8 Å². The Hall–Kier alpha value is -2.84. The molecule has 0 spiro atoms. The quantitative estimate of drug-likeness (QED) is 0.0214. The molecule has 372 valence electrons. The molecule has 0 aliphatic heterocycles. The molecule has 0 amide bonds. The summed E-state index contributed by atoms with van der Waals surface area (Å²) in [5.41, 5.74) is 0. The van der Waals surface area contributed by atoms with E-state index >= 15 is 0 Å². The number of hydrogen-bond donors (Lipinski definition) is 1. The summed E-state index contributed by atoms with van der Waals surface area (Å²) in [4.78, 5) is 23.0. The van der Waals surface area contributed by atoms with Crippen LogP contribution in [0.5, 0.6) is 0 Å². The molecule has 0 aromatic carbocycles. The molecule has 8 nitrogen and oxygen atoms in total. The fraction of sp³-hybridized carbons (Fsp3) is 0.661. The van der Waals surface area contributed by atoms with Crippen LogP contribution in [0.25, 0.3) is 0 Å². The second kappa shape index (κ2) is 47.6. The van der Waals surface area contributed by atoms with E-state index in [0.717, 1.165) is 109 Å². The standard InChI is InChI=1S/C56H96NO7P/c1-6-8-10-12-14-16-18-20-22-24-26-28-29-30-31-33-35-37-39-41-43-45-47-49-56(58)64-55(54-63-65(59,60)62-52-50-57(3,4)5)53-61-51-48-46-44-42-40-38-36-34-32-27-25-23-21-19-17-15-13-11-9-7-2/h8-11,14-17,20-23,26-28,32,36,38,55H,6-7,12-13,18-19,24-25,29-31,33-35,37,39-54H2,1-5H3/p+1/b10-8-,11-9-,16-14-,17-15-,22-20-,23-21-,28-26-,32-27-,38-36-. The fourth-order valence-corrected chi connectivity index (χ4v) is 7.19. The zero-order valence-electron chi connectivity index (χ0n) is 42.2. The van der Waals surface area contributed by atoms with E-state index < -0.39 is 13.9 Å². The number of nitrogens with zero attached hydrogens (tertiary/aromatic N) is 1. The van der Waals surface area contributed by atoms with Gasteiger partial charge in [0.2, 0.25) is 0 Å². The maximum Gasteiger partial charge on any atom is 0.472 e. The van der Waals surface area contributed by atoms with E-state index in [1.165, 1.54) is 51.4 Å². The van der Waals surface area contributed by atoms with Crippen molar-refractivity contribution in [3.8, 4) is 0 Å². The van der Waals surface area contributed by atoms with Crippen LogP contribution < -0.4 is 0 Å². The Morgan fingerprint density at radius 2 is 0.846 bits per heavy atom. The highest BCUT2D eigenvalue weighted by atomic mass is 31.2. The summed E-state index contributed by atoms with van der Waals surface area (Å²) in [6, 6.07) is 0. The Balaban J connectivity index is 4.23. The molecule has 0 radical (unpaired) electrons. The molecule has 0 aliphatic rings. The summed E-state index contributed by atoms with van der Waals surface area (Å²) in [6.45, 7) is 5.31. The monoisotopic (exact) mass is 927 g/mol. The molecule has 0 aromatic rings. The van der Waals surface area contributed by atoms with Crippen molar-refractivity contribution < 1.29 is 37.3 Å². The third kappa shape index (κ3) is 52.0. The van der Waals surface area contributed by atoms with Crippen LogP contribution >= 0.6 is 7.82 Å². The lowest BCUT2D eigenvalue weighted by molar-refractivity contribution is -0.870. The zero-order chi connectivity index (χ0) is 47.6. The van der Waals surface area contributed by atoms with E-state index in [-0.39, 0.29) is 25.8 Å². The average Bonchev–Trinajstić information content (AvgIpc) is 3.27. The summed E-state index contributed by atoms with van der Waals surface area (Å²) in [7, 11) is 1.63. The fourth-order valence-electron chi connectivity index (χ4n) is 6.45. The normalized spacial score (nSPS) is 14.5. The van der Waals surface area contributed by atoms with Gasteiger partial charge in [0.1, 0.15) is 19.3 Å². The van der Waals surface area contributed by atoms with Crippen molar-refractivity contribution in [3.05, 3.63) is 109 Å². The summed E-state index contributed by atoms with van der Waals surface area (Å²) < 4.78 is 35.1. The number of phosphoric ester groups is 1. The molecular formula is C56H97NO7P+. The van der Waals surface area contributed by atoms with E-state index in [0.29, 0.717) is 24.1 Å². The van der Waals surface area contributed by atoms with Gasteiger partial charge in [-0.1, -0.05) is 187 Å². The summed E-state index contributed by atoms with van der Waals surface area (Å²) in [6.07, 6.45) is 67.1. The molecule has 2 atom stereocenters. The predicted octanol–water partition coefficient (Wildman–Crippen LogP) is 15.9. The van der Waals surface area contributed by atoms with E-state index in [9.17, 15) is 14.3 Å². The van der Waals surface area contributed by atoms with Gasteiger partial charge in [-0.2, -0.15) is 0 Å². The van der Waals surface area contributed by atoms with Gasteiger partial charge in [-0.15, -0.1) is 0 Å². The van der Waals surface area contributed by atoms with Crippen LogP contribution in [0.15, 0.2) is 109 Å². The van der Waals surface area contributed by atoms with Gasteiger partial charge in [0.25, 0.3) is 0 Å². The zero-order valence-corrected chi connectivity index (χ0v) is 43.1. The third-order valence-electron chi connectivity index (χ3n) is 10.3. The Bertz CT molecular complexity index is 1400. The summed E-state index contributed by atoms with van der Waals surface area (Å²) >= 11 is 0. The second-order valence-corrected chi connectivity index (χ2v) is 19.2. The van der Waals surface area contributed by atoms with Crippen molar-refractivity contribution in [2.45, 2.75) is 187 Å². The van der Waals surface area contributed by atoms with Crippen LogP contribution in [0.2, 0.25) is 0 Å².